The van der Waals surface area contributed by atoms with Crippen molar-refractivity contribution in [3.05, 3.63) is 28.7 Å². The van der Waals surface area contributed by atoms with Crippen molar-refractivity contribution >= 4 is 17.6 Å². The molecule has 0 radical (unpaired) electrons. The SMILES string of the molecule is Cn1cccc(NC(=O)CC2(C(=O)O)CCC2)c1=O. The summed E-state index contributed by atoms with van der Waals surface area (Å²) in [6, 6.07) is 3.15. The Morgan fingerprint density at radius 1 is 1.47 bits per heavy atom. The molecule has 1 aromatic rings. The molecule has 1 aliphatic carbocycles. The molecular weight excluding hydrogens is 248 g/mol. The van der Waals surface area contributed by atoms with Gasteiger partial charge in [-0.05, 0) is 25.0 Å². The van der Waals surface area contributed by atoms with Crippen molar-refractivity contribution in [1.29, 1.82) is 0 Å². The van der Waals surface area contributed by atoms with Crippen LogP contribution in [0.3, 0.4) is 0 Å². The Kier molecular flexibility index (Phi) is 3.42. The number of hydrogen-bond donors (Lipinski definition) is 2. The Morgan fingerprint density at radius 2 is 2.16 bits per heavy atom. The monoisotopic (exact) mass is 264 g/mol. The van der Waals surface area contributed by atoms with Crippen LogP contribution in [-0.2, 0) is 16.6 Å². The number of rotatable bonds is 4. The Morgan fingerprint density at radius 3 is 2.68 bits per heavy atom. The van der Waals surface area contributed by atoms with E-state index >= 15 is 0 Å². The Balaban J connectivity index is 2.08. The summed E-state index contributed by atoms with van der Waals surface area (Å²) in [6.07, 6.45) is 3.36. The highest BCUT2D eigenvalue weighted by atomic mass is 16.4. The summed E-state index contributed by atoms with van der Waals surface area (Å²) < 4.78 is 1.35. The molecule has 6 nitrogen and oxygen atoms in total. The van der Waals surface area contributed by atoms with E-state index in [2.05, 4.69) is 5.32 Å². The van der Waals surface area contributed by atoms with Crippen LogP contribution in [0.25, 0.3) is 0 Å². The molecule has 6 heteroatoms. The van der Waals surface area contributed by atoms with Gasteiger partial charge in [-0.25, -0.2) is 0 Å². The number of nitrogens with zero attached hydrogens (tertiary/aromatic N) is 1. The summed E-state index contributed by atoms with van der Waals surface area (Å²) in [5, 5.41) is 11.6. The van der Waals surface area contributed by atoms with E-state index in [0.717, 1.165) is 6.42 Å². The van der Waals surface area contributed by atoms with Gasteiger partial charge in [-0.3, -0.25) is 14.4 Å². The second-order valence-corrected chi connectivity index (χ2v) is 5.00. The Bertz CT molecular complexity index is 572. The quantitative estimate of drug-likeness (QED) is 0.848. The lowest BCUT2D eigenvalue weighted by atomic mass is 9.66. The van der Waals surface area contributed by atoms with Crippen molar-refractivity contribution in [3.8, 4) is 0 Å². The molecular formula is C13H16N2O4. The smallest absolute Gasteiger partial charge is 0.310 e. The molecule has 0 aliphatic heterocycles. The lowest BCUT2D eigenvalue weighted by Gasteiger charge is -2.36. The van der Waals surface area contributed by atoms with Crippen LogP contribution >= 0.6 is 0 Å². The average Bonchev–Trinajstić information content (AvgIpc) is 2.29. The van der Waals surface area contributed by atoms with E-state index in [0.29, 0.717) is 12.8 Å². The normalized spacial score (nSPS) is 16.5. The number of aryl methyl sites for hydroxylation is 1. The molecule has 0 saturated heterocycles. The van der Waals surface area contributed by atoms with Gasteiger partial charge in [-0.1, -0.05) is 6.42 Å². The molecule has 1 amide bonds. The fourth-order valence-electron chi connectivity index (χ4n) is 2.26. The molecule has 2 N–H and O–H groups in total. The third kappa shape index (κ3) is 2.52. The lowest BCUT2D eigenvalue weighted by Crippen LogP contribution is -2.41. The zero-order valence-electron chi connectivity index (χ0n) is 10.7. The maximum atomic E-state index is 11.9. The number of aromatic nitrogens is 1. The van der Waals surface area contributed by atoms with Crippen molar-refractivity contribution < 1.29 is 14.7 Å². The first-order valence-corrected chi connectivity index (χ1v) is 6.13. The molecule has 0 spiro atoms. The van der Waals surface area contributed by atoms with E-state index in [1.165, 1.54) is 10.6 Å². The van der Waals surface area contributed by atoms with Crippen molar-refractivity contribution in [2.24, 2.45) is 12.5 Å². The summed E-state index contributed by atoms with van der Waals surface area (Å²) in [5.74, 6) is -1.36. The zero-order valence-corrected chi connectivity index (χ0v) is 10.7. The first-order valence-electron chi connectivity index (χ1n) is 6.13. The molecule has 0 aromatic carbocycles. The van der Waals surface area contributed by atoms with E-state index in [1.54, 1.807) is 19.3 Å². The van der Waals surface area contributed by atoms with Crippen LogP contribution in [0.5, 0.6) is 0 Å². The lowest BCUT2D eigenvalue weighted by molar-refractivity contribution is -0.157. The van der Waals surface area contributed by atoms with Gasteiger partial charge in [0, 0.05) is 19.7 Å². The van der Waals surface area contributed by atoms with Gasteiger partial charge in [0.1, 0.15) is 5.69 Å². The fourth-order valence-corrected chi connectivity index (χ4v) is 2.26. The first kappa shape index (κ1) is 13.3. The summed E-state index contributed by atoms with van der Waals surface area (Å²) in [5.41, 5.74) is -1.08. The predicted molar refractivity (Wildman–Crippen MR) is 68.8 cm³/mol. The maximum Gasteiger partial charge on any atom is 0.310 e. The molecule has 102 valence electrons. The number of carbonyl (C=O) groups excluding carboxylic acids is 1. The van der Waals surface area contributed by atoms with Crippen LogP contribution in [0.4, 0.5) is 5.69 Å². The molecule has 2 rings (SSSR count). The Labute approximate surface area is 110 Å². The molecule has 1 saturated carbocycles. The number of carbonyl (C=O) groups is 2. The molecule has 0 bridgehead atoms. The number of carboxylic acid groups (broad SMARTS) is 1. The van der Waals surface area contributed by atoms with E-state index in [9.17, 15) is 14.4 Å². The van der Waals surface area contributed by atoms with Gasteiger partial charge < -0.3 is 15.0 Å². The van der Waals surface area contributed by atoms with Crippen LogP contribution < -0.4 is 10.9 Å². The zero-order chi connectivity index (χ0) is 14.0. The van der Waals surface area contributed by atoms with Crippen LogP contribution in [0.2, 0.25) is 0 Å². The van der Waals surface area contributed by atoms with Gasteiger partial charge in [-0.15, -0.1) is 0 Å². The topological polar surface area (TPSA) is 88.4 Å². The van der Waals surface area contributed by atoms with Gasteiger partial charge in [0.25, 0.3) is 5.56 Å². The minimum atomic E-state index is -0.940. The number of anilines is 1. The third-order valence-corrected chi connectivity index (χ3v) is 3.66. The largest absolute Gasteiger partial charge is 0.481 e. The van der Waals surface area contributed by atoms with Crippen LogP contribution in [0, 0.1) is 5.41 Å². The van der Waals surface area contributed by atoms with Crippen molar-refractivity contribution in [2.75, 3.05) is 5.32 Å². The molecule has 1 aromatic heterocycles. The van der Waals surface area contributed by atoms with E-state index in [4.69, 9.17) is 5.11 Å². The van der Waals surface area contributed by atoms with Gasteiger partial charge in [0.15, 0.2) is 0 Å². The summed E-state index contributed by atoms with van der Waals surface area (Å²) in [7, 11) is 1.59. The molecule has 0 atom stereocenters. The van der Waals surface area contributed by atoms with Gasteiger partial charge in [0.05, 0.1) is 5.41 Å². The molecule has 1 heterocycles. The summed E-state index contributed by atoms with van der Waals surface area (Å²) in [6.45, 7) is 0. The van der Waals surface area contributed by atoms with Crippen molar-refractivity contribution in [3.63, 3.8) is 0 Å². The van der Waals surface area contributed by atoms with E-state index < -0.39 is 17.3 Å². The number of carboxylic acids is 1. The van der Waals surface area contributed by atoms with Crippen molar-refractivity contribution in [2.45, 2.75) is 25.7 Å². The standard InChI is InChI=1S/C13H16N2O4/c1-15-7-2-4-9(11(15)17)14-10(16)8-13(12(18)19)5-3-6-13/h2,4,7H,3,5-6,8H2,1H3,(H,14,16)(H,18,19). The number of amides is 1. The molecule has 1 fully saturated rings. The highest BCUT2D eigenvalue weighted by Crippen LogP contribution is 2.44. The number of nitrogens with one attached hydrogen (secondary N) is 1. The number of hydrogen-bond acceptors (Lipinski definition) is 3. The average molecular weight is 264 g/mol. The van der Waals surface area contributed by atoms with E-state index in [-0.39, 0.29) is 17.7 Å². The van der Waals surface area contributed by atoms with E-state index in [1.807, 2.05) is 0 Å². The fraction of sp³-hybridized carbons (Fsp3) is 0.462. The Hall–Kier alpha value is -2.11. The van der Waals surface area contributed by atoms with Crippen LogP contribution in [0.15, 0.2) is 23.1 Å². The second kappa shape index (κ2) is 4.87. The van der Waals surface area contributed by atoms with Gasteiger partial charge in [-0.2, -0.15) is 0 Å². The van der Waals surface area contributed by atoms with Gasteiger partial charge >= 0.3 is 5.97 Å². The van der Waals surface area contributed by atoms with Crippen LogP contribution in [0.1, 0.15) is 25.7 Å². The summed E-state index contributed by atoms with van der Waals surface area (Å²) >= 11 is 0. The number of aliphatic carboxylic acids is 1. The predicted octanol–water partition coefficient (Wildman–Crippen LogP) is 0.969. The molecule has 0 unspecified atom stereocenters. The van der Waals surface area contributed by atoms with Crippen molar-refractivity contribution in [1.82, 2.24) is 4.57 Å². The summed E-state index contributed by atoms with van der Waals surface area (Å²) in [4.78, 5) is 34.8. The second-order valence-electron chi connectivity index (χ2n) is 5.00. The first-order chi connectivity index (χ1) is 8.94. The minimum absolute atomic E-state index is 0.0830. The highest BCUT2D eigenvalue weighted by molar-refractivity contribution is 5.94. The highest BCUT2D eigenvalue weighted by Gasteiger charge is 2.45. The molecule has 1 aliphatic rings. The van der Waals surface area contributed by atoms with Gasteiger partial charge in [0.2, 0.25) is 5.91 Å². The van der Waals surface area contributed by atoms with Crippen LogP contribution in [-0.4, -0.2) is 21.6 Å². The molecule has 19 heavy (non-hydrogen) atoms. The minimum Gasteiger partial charge on any atom is -0.481 e. The number of pyridine rings is 1. The third-order valence-electron chi connectivity index (χ3n) is 3.66. The maximum absolute atomic E-state index is 11.9.